The van der Waals surface area contributed by atoms with Crippen LogP contribution >= 0.6 is 0 Å². The molecular weight excluding hydrogens is 655 g/mol. The van der Waals surface area contributed by atoms with Crippen LogP contribution in [-0.4, -0.2) is 18.0 Å². The van der Waals surface area contributed by atoms with Gasteiger partial charge < -0.3 is 4.74 Å². The van der Waals surface area contributed by atoms with Gasteiger partial charge in [-0.25, -0.2) is 4.79 Å². The van der Waals surface area contributed by atoms with Gasteiger partial charge in [0.2, 0.25) is 0 Å². The van der Waals surface area contributed by atoms with Crippen LogP contribution in [0.25, 0.3) is 87.6 Å². The Morgan fingerprint density at radius 1 is 0.434 bits per heavy atom. The lowest BCUT2D eigenvalue weighted by Gasteiger charge is -2.22. The van der Waals surface area contributed by atoms with Gasteiger partial charge in [0.1, 0.15) is 5.56 Å². The summed E-state index contributed by atoms with van der Waals surface area (Å²) >= 11 is 0. The molecule has 0 atom stereocenters. The summed E-state index contributed by atoms with van der Waals surface area (Å²) in [5, 5.41) is 20.3. The van der Waals surface area contributed by atoms with Crippen molar-refractivity contribution in [2.45, 2.75) is 0 Å². The van der Waals surface area contributed by atoms with Crippen LogP contribution in [0.15, 0.2) is 170 Å². The predicted octanol–water partition coefficient (Wildman–Crippen LogP) is 12.7. The van der Waals surface area contributed by atoms with Crippen LogP contribution < -0.4 is 0 Å². The summed E-state index contributed by atoms with van der Waals surface area (Å²) in [5.41, 5.74) is 7.60. The maximum atomic E-state index is 13.2. The molecule has 0 N–H and O–H groups in total. The van der Waals surface area contributed by atoms with Gasteiger partial charge in [0.25, 0.3) is 5.69 Å². The molecule has 0 aliphatic carbocycles. The summed E-state index contributed by atoms with van der Waals surface area (Å²) in [4.78, 5) is 25.3. The zero-order valence-corrected chi connectivity index (χ0v) is 28.7. The minimum atomic E-state index is -0.761. The monoisotopic (exact) mass is 685 g/mol. The fourth-order valence-corrected chi connectivity index (χ4v) is 8.02. The first-order valence-electron chi connectivity index (χ1n) is 17.4. The minimum Gasteiger partial charge on any atom is -0.465 e. The van der Waals surface area contributed by atoms with Gasteiger partial charge in [-0.1, -0.05) is 146 Å². The molecule has 0 radical (unpaired) electrons. The van der Waals surface area contributed by atoms with E-state index < -0.39 is 10.9 Å². The van der Waals surface area contributed by atoms with E-state index in [-0.39, 0.29) is 11.3 Å². The predicted molar refractivity (Wildman–Crippen MR) is 216 cm³/mol. The SMILES string of the molecule is COC(=O)c1cc2c(-c3ccccc3)c3cc4c(-c5ccccc5)c5ccccc5c(-c5ccccc5)c4cc3c(-c3ccccc3)c2cc1[N+](=O)[O-]. The highest BCUT2D eigenvalue weighted by Gasteiger charge is 2.27. The third-order valence-electron chi connectivity index (χ3n) is 10.2. The van der Waals surface area contributed by atoms with Crippen molar-refractivity contribution in [1.29, 1.82) is 0 Å². The lowest BCUT2D eigenvalue weighted by Crippen LogP contribution is -2.06. The van der Waals surface area contributed by atoms with Crippen molar-refractivity contribution < 1.29 is 14.5 Å². The summed E-state index contributed by atoms with van der Waals surface area (Å²) in [6.07, 6.45) is 0. The highest BCUT2D eigenvalue weighted by Crippen LogP contribution is 2.50. The summed E-state index contributed by atoms with van der Waals surface area (Å²) in [7, 11) is 1.25. The van der Waals surface area contributed by atoms with Gasteiger partial charge in [-0.3, -0.25) is 10.1 Å². The number of nitrogens with zero attached hydrogens (tertiary/aromatic N) is 1. The maximum absolute atomic E-state index is 13.2. The molecule has 53 heavy (non-hydrogen) atoms. The third-order valence-corrected chi connectivity index (χ3v) is 10.2. The maximum Gasteiger partial charge on any atom is 0.344 e. The van der Waals surface area contributed by atoms with Crippen LogP contribution in [0.4, 0.5) is 5.69 Å². The number of carbonyl (C=O) groups is 1. The average Bonchev–Trinajstić information content (AvgIpc) is 3.21. The van der Waals surface area contributed by atoms with E-state index in [0.717, 1.165) is 82.2 Å². The van der Waals surface area contributed by atoms with E-state index in [1.165, 1.54) is 7.11 Å². The van der Waals surface area contributed by atoms with Crippen molar-refractivity contribution >= 4 is 54.7 Å². The second-order valence-corrected chi connectivity index (χ2v) is 13.1. The molecule has 0 bridgehead atoms. The summed E-state index contributed by atoms with van der Waals surface area (Å²) in [6, 6.07) is 57.3. The van der Waals surface area contributed by atoms with Crippen LogP contribution in [0, 0.1) is 10.1 Å². The minimum absolute atomic E-state index is 0.0938. The Labute approximate surface area is 305 Å². The van der Waals surface area contributed by atoms with E-state index in [4.69, 9.17) is 4.74 Å². The molecule has 252 valence electrons. The number of esters is 1. The molecule has 5 heteroatoms. The molecule has 0 heterocycles. The Kier molecular flexibility index (Phi) is 7.75. The fourth-order valence-electron chi connectivity index (χ4n) is 8.02. The number of benzene rings is 9. The first kappa shape index (κ1) is 31.8. The normalized spacial score (nSPS) is 11.3. The van der Waals surface area contributed by atoms with Gasteiger partial charge in [-0.15, -0.1) is 0 Å². The van der Waals surface area contributed by atoms with E-state index in [2.05, 4.69) is 84.9 Å². The lowest BCUT2D eigenvalue weighted by atomic mass is 9.80. The third kappa shape index (κ3) is 5.21. The number of fused-ring (bicyclic) bond motifs is 4. The number of ether oxygens (including phenoxy) is 1. The molecule has 0 saturated carbocycles. The lowest BCUT2D eigenvalue weighted by molar-refractivity contribution is -0.385. The molecule has 0 spiro atoms. The zero-order chi connectivity index (χ0) is 36.1. The van der Waals surface area contributed by atoms with E-state index in [9.17, 15) is 14.9 Å². The van der Waals surface area contributed by atoms with Gasteiger partial charge in [-0.05, 0) is 106 Å². The highest BCUT2D eigenvalue weighted by molar-refractivity contribution is 6.29. The molecule has 0 aliphatic rings. The molecule has 9 rings (SSSR count). The summed E-state index contributed by atoms with van der Waals surface area (Å²) < 4.78 is 5.10. The highest BCUT2D eigenvalue weighted by atomic mass is 16.6. The number of hydrogen-bond donors (Lipinski definition) is 0. The van der Waals surface area contributed by atoms with Crippen LogP contribution in [0.3, 0.4) is 0 Å². The molecule has 0 amide bonds. The van der Waals surface area contributed by atoms with Crippen molar-refractivity contribution in [3.8, 4) is 44.5 Å². The first-order valence-corrected chi connectivity index (χ1v) is 17.4. The van der Waals surface area contributed by atoms with Crippen LogP contribution in [-0.2, 0) is 4.74 Å². The smallest absolute Gasteiger partial charge is 0.344 e. The topological polar surface area (TPSA) is 69.4 Å². The Hall–Kier alpha value is -7.11. The van der Waals surface area contributed by atoms with Crippen molar-refractivity contribution in [2.24, 2.45) is 0 Å². The number of methoxy groups -OCH3 is 1. The summed E-state index contributed by atoms with van der Waals surface area (Å²) in [6.45, 7) is 0. The van der Waals surface area contributed by atoms with Gasteiger partial charge in [0, 0.05) is 6.07 Å². The quantitative estimate of drug-likeness (QED) is 0.0756. The number of hydrogen-bond acceptors (Lipinski definition) is 4. The van der Waals surface area contributed by atoms with Gasteiger partial charge >= 0.3 is 5.97 Å². The molecule has 9 aromatic carbocycles. The van der Waals surface area contributed by atoms with E-state index >= 15 is 0 Å². The Balaban J connectivity index is 1.60. The second kappa shape index (κ2) is 12.9. The van der Waals surface area contributed by atoms with Crippen LogP contribution in [0.1, 0.15) is 10.4 Å². The van der Waals surface area contributed by atoms with Crippen molar-refractivity contribution in [2.75, 3.05) is 7.11 Å². The van der Waals surface area contributed by atoms with Crippen molar-refractivity contribution in [3.05, 3.63) is 186 Å². The van der Waals surface area contributed by atoms with Gasteiger partial charge in [-0.2, -0.15) is 0 Å². The number of rotatable bonds is 6. The molecule has 0 fully saturated rings. The van der Waals surface area contributed by atoms with Crippen LogP contribution in [0.2, 0.25) is 0 Å². The molecule has 0 unspecified atom stereocenters. The fraction of sp³-hybridized carbons (Fsp3) is 0.0208. The second-order valence-electron chi connectivity index (χ2n) is 13.1. The molecular formula is C48H31NO4. The van der Waals surface area contributed by atoms with E-state index in [1.54, 1.807) is 12.1 Å². The number of nitro groups is 1. The van der Waals surface area contributed by atoms with Crippen molar-refractivity contribution in [1.82, 2.24) is 0 Å². The molecule has 0 saturated heterocycles. The van der Waals surface area contributed by atoms with Gasteiger partial charge in [0.15, 0.2) is 0 Å². The van der Waals surface area contributed by atoms with Crippen LogP contribution in [0.5, 0.6) is 0 Å². The summed E-state index contributed by atoms with van der Waals surface area (Å²) in [5.74, 6) is -0.761. The zero-order valence-electron chi connectivity index (χ0n) is 28.7. The van der Waals surface area contributed by atoms with E-state index in [0.29, 0.717) is 5.39 Å². The standard InChI is InChI=1S/C48H31NO4/c1-53-48(50)42-28-40-41(29-43(42)49(51)52)47(33-22-12-5-13-23-33)39-27-37-36(26-38(39)46(40)32-20-10-4-11-21-32)44(30-16-6-2-7-17-30)34-24-14-15-25-35(34)45(37)31-18-8-3-9-19-31/h2-29H,1H3. The first-order chi connectivity index (χ1) is 26.0. The average molecular weight is 686 g/mol. The van der Waals surface area contributed by atoms with Gasteiger partial charge in [0.05, 0.1) is 12.0 Å². The molecule has 9 aromatic rings. The van der Waals surface area contributed by atoms with Crippen molar-refractivity contribution in [3.63, 3.8) is 0 Å². The molecule has 0 aromatic heterocycles. The largest absolute Gasteiger partial charge is 0.465 e. The Bertz CT molecular complexity index is 2890. The number of carbonyl (C=O) groups excluding carboxylic acids is 1. The molecule has 5 nitrogen and oxygen atoms in total. The van der Waals surface area contributed by atoms with E-state index in [1.807, 2.05) is 72.8 Å². The number of nitro benzene ring substituents is 1. The Morgan fingerprint density at radius 2 is 0.736 bits per heavy atom. The molecule has 0 aliphatic heterocycles. The Morgan fingerprint density at radius 3 is 1.08 bits per heavy atom.